The number of hydrogen-bond acceptors (Lipinski definition) is 5. The number of aryl methyl sites for hydroxylation is 1. The fourth-order valence-corrected chi connectivity index (χ4v) is 3.61. The highest BCUT2D eigenvalue weighted by atomic mass is 32.1. The van der Waals surface area contributed by atoms with Crippen molar-refractivity contribution in [2.45, 2.75) is 19.5 Å². The Morgan fingerprint density at radius 2 is 2.00 bits per heavy atom. The average Bonchev–Trinajstić information content (AvgIpc) is 3.27. The largest absolute Gasteiger partial charge is 0.352 e. The summed E-state index contributed by atoms with van der Waals surface area (Å²) >= 11 is 1.63. The van der Waals surface area contributed by atoms with Crippen LogP contribution in [0.1, 0.15) is 12.0 Å². The highest BCUT2D eigenvalue weighted by Crippen LogP contribution is 2.22. The van der Waals surface area contributed by atoms with Crippen LogP contribution in [0.4, 0.5) is 0 Å². The molecule has 0 spiro atoms. The summed E-state index contributed by atoms with van der Waals surface area (Å²) in [7, 11) is 0. The van der Waals surface area contributed by atoms with Crippen LogP contribution in [0.5, 0.6) is 0 Å². The molecule has 0 fully saturated rings. The van der Waals surface area contributed by atoms with Crippen LogP contribution in [-0.4, -0.2) is 20.4 Å². The zero-order valence-corrected chi connectivity index (χ0v) is 15.9. The number of para-hydroxylation sites is 1. The SMILES string of the molecule is O=C(CCn1cnc2ccccc2c1=O)NCc1ccnc(-c2cccs2)c1. The van der Waals surface area contributed by atoms with Gasteiger partial charge in [0.25, 0.3) is 5.56 Å². The van der Waals surface area contributed by atoms with Crippen molar-refractivity contribution in [2.75, 3.05) is 0 Å². The van der Waals surface area contributed by atoms with Gasteiger partial charge in [-0.2, -0.15) is 0 Å². The van der Waals surface area contributed by atoms with Crippen molar-refractivity contribution in [1.29, 1.82) is 0 Å². The fourth-order valence-electron chi connectivity index (χ4n) is 2.92. The van der Waals surface area contributed by atoms with E-state index in [0.717, 1.165) is 16.1 Å². The second-order valence-corrected chi connectivity index (χ2v) is 7.26. The molecule has 0 aliphatic heterocycles. The molecule has 0 aliphatic carbocycles. The van der Waals surface area contributed by atoms with Gasteiger partial charge in [-0.05, 0) is 41.3 Å². The van der Waals surface area contributed by atoms with Gasteiger partial charge in [-0.15, -0.1) is 11.3 Å². The standard InChI is InChI=1S/C21H18N4O2S/c26-20(8-10-25-14-24-17-5-2-1-4-16(17)21(25)27)23-13-15-7-9-22-18(12-15)19-6-3-11-28-19/h1-7,9,11-12,14H,8,10,13H2,(H,23,26). The number of hydrogen-bond donors (Lipinski definition) is 1. The monoisotopic (exact) mass is 390 g/mol. The van der Waals surface area contributed by atoms with Crippen LogP contribution in [0.15, 0.2) is 71.2 Å². The number of carbonyl (C=O) groups is 1. The van der Waals surface area contributed by atoms with Crippen molar-refractivity contribution in [2.24, 2.45) is 0 Å². The summed E-state index contributed by atoms with van der Waals surface area (Å²) in [5, 5.41) is 5.47. The van der Waals surface area contributed by atoms with Gasteiger partial charge in [-0.25, -0.2) is 4.98 Å². The molecule has 1 amide bonds. The zero-order chi connectivity index (χ0) is 19.3. The minimum Gasteiger partial charge on any atom is -0.352 e. The van der Waals surface area contributed by atoms with Crippen LogP contribution in [0, 0.1) is 0 Å². The second-order valence-electron chi connectivity index (χ2n) is 6.31. The number of benzene rings is 1. The first kappa shape index (κ1) is 18.1. The van der Waals surface area contributed by atoms with E-state index in [9.17, 15) is 9.59 Å². The van der Waals surface area contributed by atoms with E-state index in [2.05, 4.69) is 15.3 Å². The van der Waals surface area contributed by atoms with Gasteiger partial charge >= 0.3 is 0 Å². The van der Waals surface area contributed by atoms with Crippen molar-refractivity contribution >= 4 is 28.1 Å². The maximum atomic E-state index is 12.5. The van der Waals surface area contributed by atoms with E-state index in [4.69, 9.17) is 0 Å². The molecule has 0 bridgehead atoms. The Balaban J connectivity index is 1.36. The number of rotatable bonds is 6. The van der Waals surface area contributed by atoms with E-state index in [1.165, 1.54) is 10.9 Å². The molecule has 6 nitrogen and oxygen atoms in total. The lowest BCUT2D eigenvalue weighted by Gasteiger charge is -2.08. The van der Waals surface area contributed by atoms with Gasteiger partial charge in [-0.1, -0.05) is 18.2 Å². The van der Waals surface area contributed by atoms with E-state index in [1.807, 2.05) is 41.8 Å². The summed E-state index contributed by atoms with van der Waals surface area (Å²) in [4.78, 5) is 34.4. The first-order valence-corrected chi connectivity index (χ1v) is 9.78. The summed E-state index contributed by atoms with van der Waals surface area (Å²) < 4.78 is 1.48. The molecule has 4 aromatic rings. The number of amides is 1. The maximum absolute atomic E-state index is 12.5. The number of fused-ring (bicyclic) bond motifs is 1. The number of pyridine rings is 1. The molecule has 0 radical (unpaired) electrons. The Bertz CT molecular complexity index is 1170. The Labute approximate surface area is 165 Å². The summed E-state index contributed by atoms with van der Waals surface area (Å²) in [6.07, 6.45) is 3.45. The highest BCUT2D eigenvalue weighted by Gasteiger charge is 2.07. The predicted octanol–water partition coefficient (Wildman–Crippen LogP) is 3.23. The number of thiophene rings is 1. The molecule has 3 heterocycles. The summed E-state index contributed by atoms with van der Waals surface area (Å²) in [6, 6.07) is 15.1. The highest BCUT2D eigenvalue weighted by molar-refractivity contribution is 7.13. The lowest BCUT2D eigenvalue weighted by molar-refractivity contribution is -0.121. The Kier molecular flexibility index (Phi) is 5.25. The molecule has 0 atom stereocenters. The molecular weight excluding hydrogens is 372 g/mol. The number of carbonyl (C=O) groups excluding carboxylic acids is 1. The minimum absolute atomic E-state index is 0.116. The van der Waals surface area contributed by atoms with Crippen molar-refractivity contribution in [1.82, 2.24) is 19.9 Å². The van der Waals surface area contributed by atoms with Crippen molar-refractivity contribution in [3.8, 4) is 10.6 Å². The predicted molar refractivity (Wildman–Crippen MR) is 110 cm³/mol. The quantitative estimate of drug-likeness (QED) is 0.548. The lowest BCUT2D eigenvalue weighted by Crippen LogP contribution is -2.27. The molecule has 0 saturated carbocycles. The molecule has 1 N–H and O–H groups in total. The first-order valence-electron chi connectivity index (χ1n) is 8.90. The molecular formula is C21H18N4O2S. The van der Waals surface area contributed by atoms with Crippen LogP contribution in [-0.2, 0) is 17.9 Å². The molecule has 28 heavy (non-hydrogen) atoms. The van der Waals surface area contributed by atoms with Crippen LogP contribution >= 0.6 is 11.3 Å². The number of nitrogens with zero attached hydrogens (tertiary/aromatic N) is 3. The Hall–Kier alpha value is -3.32. The second kappa shape index (κ2) is 8.14. The van der Waals surface area contributed by atoms with Crippen LogP contribution in [0.25, 0.3) is 21.5 Å². The van der Waals surface area contributed by atoms with E-state index in [1.54, 1.807) is 29.7 Å². The molecule has 7 heteroatoms. The van der Waals surface area contributed by atoms with Gasteiger partial charge in [0, 0.05) is 25.7 Å². The van der Waals surface area contributed by atoms with Gasteiger partial charge in [0.2, 0.25) is 5.91 Å². The van der Waals surface area contributed by atoms with Crippen LogP contribution < -0.4 is 10.9 Å². The lowest BCUT2D eigenvalue weighted by atomic mass is 10.2. The van der Waals surface area contributed by atoms with Gasteiger partial charge in [0.05, 0.1) is 27.8 Å². The number of nitrogens with one attached hydrogen (secondary N) is 1. The zero-order valence-electron chi connectivity index (χ0n) is 15.0. The molecule has 3 aromatic heterocycles. The van der Waals surface area contributed by atoms with Crippen molar-refractivity contribution in [3.05, 3.63) is 82.4 Å². The third-order valence-corrected chi connectivity index (χ3v) is 5.29. The van der Waals surface area contributed by atoms with Crippen molar-refractivity contribution < 1.29 is 4.79 Å². The maximum Gasteiger partial charge on any atom is 0.261 e. The summed E-state index contributed by atoms with van der Waals surface area (Å²) in [5.74, 6) is -0.116. The smallest absolute Gasteiger partial charge is 0.261 e. The third kappa shape index (κ3) is 3.99. The molecule has 0 saturated heterocycles. The Morgan fingerprint density at radius 1 is 1.11 bits per heavy atom. The van der Waals surface area contributed by atoms with Gasteiger partial charge < -0.3 is 5.32 Å². The average molecular weight is 390 g/mol. The van der Waals surface area contributed by atoms with Gasteiger partial charge in [-0.3, -0.25) is 19.1 Å². The van der Waals surface area contributed by atoms with E-state index >= 15 is 0 Å². The van der Waals surface area contributed by atoms with E-state index in [0.29, 0.717) is 24.0 Å². The third-order valence-electron chi connectivity index (χ3n) is 4.40. The molecule has 0 aliphatic rings. The fraction of sp³-hybridized carbons (Fsp3) is 0.143. The molecule has 4 rings (SSSR count). The Morgan fingerprint density at radius 3 is 2.86 bits per heavy atom. The summed E-state index contributed by atoms with van der Waals surface area (Å²) in [5.41, 5.74) is 2.41. The van der Waals surface area contributed by atoms with Crippen LogP contribution in [0.2, 0.25) is 0 Å². The topological polar surface area (TPSA) is 76.9 Å². The van der Waals surface area contributed by atoms with E-state index < -0.39 is 0 Å². The van der Waals surface area contributed by atoms with Gasteiger partial charge in [0.1, 0.15) is 0 Å². The molecule has 0 unspecified atom stereocenters. The van der Waals surface area contributed by atoms with Crippen molar-refractivity contribution in [3.63, 3.8) is 0 Å². The summed E-state index contributed by atoms with van der Waals surface area (Å²) in [6.45, 7) is 0.712. The normalized spacial score (nSPS) is 10.9. The molecule has 140 valence electrons. The van der Waals surface area contributed by atoms with Crippen LogP contribution in [0.3, 0.4) is 0 Å². The number of aromatic nitrogens is 3. The van der Waals surface area contributed by atoms with E-state index in [-0.39, 0.29) is 17.9 Å². The van der Waals surface area contributed by atoms with Gasteiger partial charge in [0.15, 0.2) is 0 Å². The first-order chi connectivity index (χ1) is 13.7. The minimum atomic E-state index is -0.131. The molecule has 1 aromatic carbocycles.